The van der Waals surface area contributed by atoms with E-state index in [1.807, 2.05) is 30.3 Å². The molecule has 6 heteroatoms. The van der Waals surface area contributed by atoms with E-state index in [1.165, 1.54) is 0 Å². The predicted molar refractivity (Wildman–Crippen MR) is 89.0 cm³/mol. The number of H-pyrrole nitrogens is 1. The number of nitrogens with one attached hydrogen (secondary N) is 3. The minimum Gasteiger partial charge on any atom is -0.396 e. The molecule has 2 aromatic rings. The van der Waals surface area contributed by atoms with Crippen molar-refractivity contribution < 1.29 is 9.90 Å². The van der Waals surface area contributed by atoms with Crippen molar-refractivity contribution in [2.75, 3.05) is 11.9 Å². The van der Waals surface area contributed by atoms with Crippen molar-refractivity contribution in [2.45, 2.75) is 31.7 Å². The summed E-state index contributed by atoms with van der Waals surface area (Å²) in [7, 11) is 0. The number of aromatic nitrogens is 2. The second-order valence-electron chi connectivity index (χ2n) is 5.98. The van der Waals surface area contributed by atoms with E-state index in [-0.39, 0.29) is 24.6 Å². The Morgan fingerprint density at radius 2 is 2.00 bits per heavy atom. The molecule has 1 saturated carbocycles. The highest BCUT2D eigenvalue weighted by Gasteiger charge is 2.25. The van der Waals surface area contributed by atoms with Crippen LogP contribution in [0.2, 0.25) is 0 Å². The van der Waals surface area contributed by atoms with E-state index in [9.17, 15) is 9.90 Å². The lowest BCUT2D eigenvalue weighted by Gasteiger charge is -2.30. The first-order valence-corrected chi connectivity index (χ1v) is 8.04. The van der Waals surface area contributed by atoms with Gasteiger partial charge in [-0.05, 0) is 36.6 Å². The zero-order valence-electron chi connectivity index (χ0n) is 13.0. The molecule has 0 aliphatic heterocycles. The normalized spacial score (nSPS) is 20.9. The number of rotatable bonds is 4. The van der Waals surface area contributed by atoms with Crippen molar-refractivity contribution in [1.29, 1.82) is 0 Å². The third-order valence-corrected chi connectivity index (χ3v) is 4.41. The molecule has 1 aromatic heterocycles. The number of hydrogen-bond donors (Lipinski definition) is 4. The molecule has 23 heavy (non-hydrogen) atoms. The molecule has 1 aliphatic rings. The first kappa shape index (κ1) is 15.6. The van der Waals surface area contributed by atoms with Gasteiger partial charge in [-0.2, -0.15) is 5.10 Å². The Bertz CT molecular complexity index is 625. The average Bonchev–Trinajstić information content (AvgIpc) is 3.10. The standard InChI is InChI=1S/C17H22N4O2/c22-11-13-3-1-2-4-15(13)20-17(23)19-14-7-5-12(6-8-14)16-9-10-18-21-16/h5-10,13,15,22H,1-4,11H2,(H,18,21)(H2,19,20,23). The molecule has 2 amide bonds. The smallest absolute Gasteiger partial charge is 0.319 e. The second kappa shape index (κ2) is 7.28. The van der Waals surface area contributed by atoms with Gasteiger partial charge in [0.2, 0.25) is 0 Å². The Balaban J connectivity index is 1.57. The molecule has 6 nitrogen and oxygen atoms in total. The van der Waals surface area contributed by atoms with Gasteiger partial charge in [0.1, 0.15) is 0 Å². The third kappa shape index (κ3) is 3.90. The minimum absolute atomic E-state index is 0.0537. The van der Waals surface area contributed by atoms with Crippen molar-refractivity contribution in [2.24, 2.45) is 5.92 Å². The van der Waals surface area contributed by atoms with Gasteiger partial charge in [0.15, 0.2) is 0 Å². The minimum atomic E-state index is -0.218. The molecule has 0 bridgehead atoms. The fourth-order valence-corrected chi connectivity index (χ4v) is 3.10. The first-order chi connectivity index (χ1) is 11.3. The van der Waals surface area contributed by atoms with Gasteiger partial charge >= 0.3 is 6.03 Å². The first-order valence-electron chi connectivity index (χ1n) is 8.04. The molecule has 3 rings (SSSR count). The Kier molecular flexibility index (Phi) is 4.92. The maximum atomic E-state index is 12.1. The summed E-state index contributed by atoms with van der Waals surface area (Å²) in [5.41, 5.74) is 2.69. The fourth-order valence-electron chi connectivity index (χ4n) is 3.10. The molecule has 0 spiro atoms. The fraction of sp³-hybridized carbons (Fsp3) is 0.412. The SMILES string of the molecule is O=C(Nc1ccc(-c2ccn[nH]2)cc1)NC1CCCCC1CO. The van der Waals surface area contributed by atoms with Crippen LogP contribution in [-0.4, -0.2) is 34.0 Å². The molecule has 2 atom stereocenters. The molecular formula is C17H22N4O2. The van der Waals surface area contributed by atoms with Gasteiger partial charge < -0.3 is 15.7 Å². The lowest BCUT2D eigenvalue weighted by molar-refractivity contribution is 0.156. The van der Waals surface area contributed by atoms with E-state index in [0.717, 1.165) is 42.6 Å². The summed E-state index contributed by atoms with van der Waals surface area (Å²) in [6.45, 7) is 0.129. The number of aromatic amines is 1. The van der Waals surface area contributed by atoms with E-state index in [0.29, 0.717) is 0 Å². The topological polar surface area (TPSA) is 90.0 Å². The molecule has 1 fully saturated rings. The lowest BCUT2D eigenvalue weighted by atomic mass is 9.85. The maximum Gasteiger partial charge on any atom is 0.319 e. The van der Waals surface area contributed by atoms with E-state index < -0.39 is 0 Å². The second-order valence-corrected chi connectivity index (χ2v) is 5.98. The van der Waals surface area contributed by atoms with Crippen LogP contribution in [0, 0.1) is 5.92 Å². The van der Waals surface area contributed by atoms with Gasteiger partial charge in [-0.1, -0.05) is 25.0 Å². The van der Waals surface area contributed by atoms with E-state index in [1.54, 1.807) is 6.20 Å². The Labute approximate surface area is 135 Å². The van der Waals surface area contributed by atoms with Crippen molar-refractivity contribution in [3.05, 3.63) is 36.5 Å². The molecular weight excluding hydrogens is 292 g/mol. The molecule has 0 radical (unpaired) electrons. The zero-order chi connectivity index (χ0) is 16.1. The van der Waals surface area contributed by atoms with Gasteiger partial charge in [0.25, 0.3) is 0 Å². The van der Waals surface area contributed by atoms with Crippen LogP contribution in [0.25, 0.3) is 11.3 Å². The van der Waals surface area contributed by atoms with Crippen molar-refractivity contribution in [3.8, 4) is 11.3 Å². The van der Waals surface area contributed by atoms with Crippen LogP contribution in [0.5, 0.6) is 0 Å². The van der Waals surface area contributed by atoms with Crippen LogP contribution in [0.15, 0.2) is 36.5 Å². The van der Waals surface area contributed by atoms with E-state index in [4.69, 9.17) is 0 Å². The van der Waals surface area contributed by atoms with E-state index >= 15 is 0 Å². The van der Waals surface area contributed by atoms with Crippen LogP contribution in [0.3, 0.4) is 0 Å². The summed E-state index contributed by atoms with van der Waals surface area (Å²) in [5.74, 6) is 0.164. The molecule has 1 aliphatic carbocycles. The number of benzene rings is 1. The number of nitrogens with zero attached hydrogens (tertiary/aromatic N) is 1. The maximum absolute atomic E-state index is 12.1. The van der Waals surface area contributed by atoms with Crippen molar-refractivity contribution in [1.82, 2.24) is 15.5 Å². The predicted octanol–water partition coefficient (Wildman–Crippen LogP) is 2.75. The third-order valence-electron chi connectivity index (χ3n) is 4.41. The summed E-state index contributed by atoms with van der Waals surface area (Å²) in [4.78, 5) is 12.1. The number of anilines is 1. The number of aliphatic hydroxyl groups excluding tert-OH is 1. The Morgan fingerprint density at radius 1 is 1.22 bits per heavy atom. The van der Waals surface area contributed by atoms with Crippen LogP contribution >= 0.6 is 0 Å². The Hall–Kier alpha value is -2.34. The molecule has 1 heterocycles. The van der Waals surface area contributed by atoms with Gasteiger partial charge in [-0.25, -0.2) is 4.79 Å². The summed E-state index contributed by atoms with van der Waals surface area (Å²) in [6, 6.07) is 9.32. The molecule has 122 valence electrons. The quantitative estimate of drug-likeness (QED) is 0.699. The number of urea groups is 1. The number of carbonyl (C=O) groups is 1. The number of aliphatic hydroxyl groups is 1. The lowest BCUT2D eigenvalue weighted by Crippen LogP contribution is -2.45. The summed E-state index contributed by atoms with van der Waals surface area (Å²) in [6.07, 6.45) is 5.83. The number of carbonyl (C=O) groups excluding carboxylic acids is 1. The van der Waals surface area contributed by atoms with Crippen LogP contribution in [0.4, 0.5) is 10.5 Å². The number of amides is 2. The largest absolute Gasteiger partial charge is 0.396 e. The van der Waals surface area contributed by atoms with Gasteiger partial charge in [0, 0.05) is 30.5 Å². The highest BCUT2D eigenvalue weighted by molar-refractivity contribution is 5.89. The molecule has 1 aromatic carbocycles. The zero-order valence-corrected chi connectivity index (χ0v) is 13.0. The molecule has 2 unspecified atom stereocenters. The van der Waals surface area contributed by atoms with Crippen molar-refractivity contribution in [3.63, 3.8) is 0 Å². The highest BCUT2D eigenvalue weighted by atomic mass is 16.3. The summed E-state index contributed by atoms with van der Waals surface area (Å²) in [5, 5.41) is 22.1. The van der Waals surface area contributed by atoms with Gasteiger partial charge in [-0.15, -0.1) is 0 Å². The monoisotopic (exact) mass is 314 g/mol. The summed E-state index contributed by atoms with van der Waals surface area (Å²) >= 11 is 0. The average molecular weight is 314 g/mol. The summed E-state index contributed by atoms with van der Waals surface area (Å²) < 4.78 is 0. The Morgan fingerprint density at radius 3 is 2.70 bits per heavy atom. The highest BCUT2D eigenvalue weighted by Crippen LogP contribution is 2.24. The van der Waals surface area contributed by atoms with Gasteiger partial charge in [-0.3, -0.25) is 5.10 Å². The van der Waals surface area contributed by atoms with Crippen molar-refractivity contribution >= 4 is 11.7 Å². The van der Waals surface area contributed by atoms with Crippen LogP contribution < -0.4 is 10.6 Å². The molecule has 4 N–H and O–H groups in total. The van der Waals surface area contributed by atoms with Gasteiger partial charge in [0.05, 0.1) is 5.69 Å². The number of hydrogen-bond acceptors (Lipinski definition) is 3. The van der Waals surface area contributed by atoms with E-state index in [2.05, 4.69) is 20.8 Å². The van der Waals surface area contributed by atoms with Crippen LogP contribution in [0.1, 0.15) is 25.7 Å². The van der Waals surface area contributed by atoms with Crippen LogP contribution in [-0.2, 0) is 0 Å². The molecule has 0 saturated heterocycles.